The number of carbonyl (C=O) groups is 2. The van der Waals surface area contributed by atoms with Crippen LogP contribution in [0.5, 0.6) is 0 Å². The number of methoxy groups -OCH3 is 1. The van der Waals surface area contributed by atoms with Gasteiger partial charge in [0, 0.05) is 25.9 Å². The van der Waals surface area contributed by atoms with E-state index in [0.717, 1.165) is 70.6 Å². The van der Waals surface area contributed by atoms with Crippen LogP contribution >= 0.6 is 0 Å². The van der Waals surface area contributed by atoms with Gasteiger partial charge in [0.2, 0.25) is 0 Å². The first-order valence-corrected chi connectivity index (χ1v) is 14.1. The van der Waals surface area contributed by atoms with Crippen molar-refractivity contribution in [3.63, 3.8) is 0 Å². The molecule has 0 radical (unpaired) electrons. The van der Waals surface area contributed by atoms with Crippen LogP contribution in [0.1, 0.15) is 87.4 Å². The fraction of sp³-hybridized carbons (Fsp3) is 0.724. The molecule has 3 aliphatic rings. The molecule has 1 saturated carbocycles. The van der Waals surface area contributed by atoms with E-state index in [1.807, 2.05) is 6.07 Å². The van der Waals surface area contributed by atoms with Crippen molar-refractivity contribution in [2.75, 3.05) is 20.3 Å². The summed E-state index contributed by atoms with van der Waals surface area (Å²) in [5.74, 6) is -1.42. The number of aliphatic hydroxyl groups is 1. The highest BCUT2D eigenvalue weighted by Crippen LogP contribution is 2.41. The summed E-state index contributed by atoms with van der Waals surface area (Å²) < 4.78 is 35.1. The third kappa shape index (κ3) is 7.76. The normalized spacial score (nSPS) is 28.4. The van der Waals surface area contributed by atoms with Crippen molar-refractivity contribution in [1.82, 2.24) is 0 Å². The molecule has 4 rings (SSSR count). The van der Waals surface area contributed by atoms with Gasteiger partial charge in [-0.15, -0.1) is 0 Å². The van der Waals surface area contributed by atoms with Crippen molar-refractivity contribution in [3.8, 4) is 0 Å². The molecule has 9 heteroatoms. The molecule has 0 bridgehead atoms. The van der Waals surface area contributed by atoms with Gasteiger partial charge in [-0.2, -0.15) is 0 Å². The number of unbranched alkanes of at least 4 members (excludes halogenated alkanes) is 5. The van der Waals surface area contributed by atoms with Crippen LogP contribution in [-0.4, -0.2) is 73.9 Å². The summed E-state index contributed by atoms with van der Waals surface area (Å²) in [5, 5.41) is 11.4. The second-order valence-electron chi connectivity index (χ2n) is 10.5. The minimum absolute atomic E-state index is 0.166. The van der Waals surface area contributed by atoms with Gasteiger partial charge in [-0.1, -0.05) is 50.3 Å². The Kier molecular flexibility index (Phi) is 11.0. The van der Waals surface area contributed by atoms with Gasteiger partial charge < -0.3 is 33.5 Å². The maximum absolute atomic E-state index is 12.9. The molecule has 212 valence electrons. The first kappa shape index (κ1) is 29.0. The van der Waals surface area contributed by atoms with Crippen molar-refractivity contribution >= 4 is 11.9 Å². The molecule has 1 aliphatic carbocycles. The topological polar surface area (TPSA) is 110 Å². The average Bonchev–Trinajstić information content (AvgIpc) is 2.95. The van der Waals surface area contributed by atoms with E-state index in [1.165, 1.54) is 7.11 Å². The standard InChI is InChI=1S/C29H42O9/c1-33-23(30)16-10-4-2-3-5-13-19-34-28-26(37-27(32)21-14-8-6-9-15-21)24(31)25-22(36-28)20-35-29(38-25)17-11-7-12-18-29/h6,8-9,14-15,22,24-26,28,31H,2-5,7,10-13,16-20H2,1H3/t22-,24+,25-,26+,28-/m1/s1. The monoisotopic (exact) mass is 534 g/mol. The third-order valence-electron chi connectivity index (χ3n) is 7.63. The molecule has 2 aliphatic heterocycles. The quantitative estimate of drug-likeness (QED) is 0.310. The van der Waals surface area contributed by atoms with Gasteiger partial charge in [-0.05, 0) is 37.8 Å². The lowest BCUT2D eigenvalue weighted by atomic mass is 9.90. The third-order valence-corrected chi connectivity index (χ3v) is 7.63. The van der Waals surface area contributed by atoms with Crippen LogP contribution in [0.3, 0.4) is 0 Å². The number of hydrogen-bond donors (Lipinski definition) is 1. The zero-order chi connectivity index (χ0) is 26.8. The second-order valence-corrected chi connectivity index (χ2v) is 10.5. The molecule has 0 aromatic heterocycles. The van der Waals surface area contributed by atoms with Crippen molar-refractivity contribution in [2.45, 2.75) is 114 Å². The van der Waals surface area contributed by atoms with E-state index in [9.17, 15) is 14.7 Å². The fourth-order valence-electron chi connectivity index (χ4n) is 5.45. The van der Waals surface area contributed by atoms with Gasteiger partial charge in [0.05, 0.1) is 19.3 Å². The highest BCUT2D eigenvalue weighted by molar-refractivity contribution is 5.89. The Hall–Kier alpha value is -2.04. The molecule has 38 heavy (non-hydrogen) atoms. The molecule has 1 aromatic carbocycles. The van der Waals surface area contributed by atoms with E-state index in [1.54, 1.807) is 24.3 Å². The van der Waals surface area contributed by atoms with Crippen LogP contribution < -0.4 is 0 Å². The van der Waals surface area contributed by atoms with Crippen LogP contribution in [0.15, 0.2) is 30.3 Å². The summed E-state index contributed by atoms with van der Waals surface area (Å²) in [5.41, 5.74) is 0.393. The van der Waals surface area contributed by atoms with E-state index in [4.69, 9.17) is 23.7 Å². The molecule has 2 saturated heterocycles. The number of ether oxygens (including phenoxy) is 6. The van der Waals surface area contributed by atoms with E-state index in [0.29, 0.717) is 25.2 Å². The first-order valence-electron chi connectivity index (χ1n) is 14.1. The van der Waals surface area contributed by atoms with E-state index in [2.05, 4.69) is 4.74 Å². The van der Waals surface area contributed by atoms with Crippen LogP contribution in [0.4, 0.5) is 0 Å². The molecular weight excluding hydrogens is 492 g/mol. The Morgan fingerprint density at radius 1 is 1.00 bits per heavy atom. The van der Waals surface area contributed by atoms with Crippen LogP contribution in [0, 0.1) is 0 Å². The number of carbonyl (C=O) groups excluding carboxylic acids is 2. The predicted octanol–water partition coefficient (Wildman–Crippen LogP) is 4.29. The molecule has 5 atom stereocenters. The minimum atomic E-state index is -1.11. The smallest absolute Gasteiger partial charge is 0.338 e. The molecule has 3 fully saturated rings. The fourth-order valence-corrected chi connectivity index (χ4v) is 5.45. The lowest BCUT2D eigenvalue weighted by Gasteiger charge is -2.51. The largest absolute Gasteiger partial charge is 0.469 e. The zero-order valence-corrected chi connectivity index (χ0v) is 22.4. The summed E-state index contributed by atoms with van der Waals surface area (Å²) in [6, 6.07) is 8.69. The number of fused-ring (bicyclic) bond motifs is 1. The SMILES string of the molecule is COC(=O)CCCCCCCCO[C@@H]1O[C@@H]2COC3(CCCCC3)O[C@H]2[C@H](O)[C@@H]1OC(=O)c1ccccc1. The first-order chi connectivity index (χ1) is 18.5. The zero-order valence-electron chi connectivity index (χ0n) is 22.4. The molecule has 0 unspecified atom stereocenters. The van der Waals surface area contributed by atoms with Gasteiger partial charge in [-0.3, -0.25) is 4.79 Å². The summed E-state index contributed by atoms with van der Waals surface area (Å²) in [6.45, 7) is 0.703. The van der Waals surface area contributed by atoms with Crippen molar-refractivity contribution in [1.29, 1.82) is 0 Å². The molecule has 1 N–H and O–H groups in total. The summed E-state index contributed by atoms with van der Waals surface area (Å²) in [6.07, 6.45) is 6.58. The number of esters is 2. The van der Waals surface area contributed by atoms with Gasteiger partial charge in [0.1, 0.15) is 18.3 Å². The van der Waals surface area contributed by atoms with Crippen LogP contribution in [0.25, 0.3) is 0 Å². The molecular formula is C29H42O9. The molecule has 1 aromatic rings. The number of rotatable bonds is 12. The average molecular weight is 535 g/mol. The maximum Gasteiger partial charge on any atom is 0.338 e. The predicted molar refractivity (Wildman–Crippen MR) is 137 cm³/mol. The van der Waals surface area contributed by atoms with E-state index >= 15 is 0 Å². The number of hydrogen-bond acceptors (Lipinski definition) is 9. The Labute approximate surface area is 225 Å². The summed E-state index contributed by atoms with van der Waals surface area (Å²) in [7, 11) is 1.41. The number of benzene rings is 1. The van der Waals surface area contributed by atoms with Gasteiger partial charge in [-0.25, -0.2) is 4.79 Å². The van der Waals surface area contributed by atoms with Crippen LogP contribution in [0.2, 0.25) is 0 Å². The Balaban J connectivity index is 1.31. The maximum atomic E-state index is 12.9. The van der Waals surface area contributed by atoms with Crippen molar-refractivity contribution in [2.24, 2.45) is 0 Å². The lowest BCUT2D eigenvalue weighted by molar-refractivity contribution is -0.395. The number of aliphatic hydroxyl groups excluding tert-OH is 1. The Bertz CT molecular complexity index is 870. The summed E-state index contributed by atoms with van der Waals surface area (Å²) in [4.78, 5) is 24.1. The van der Waals surface area contributed by atoms with E-state index in [-0.39, 0.29) is 5.97 Å². The lowest BCUT2D eigenvalue weighted by Crippen LogP contribution is -2.66. The highest BCUT2D eigenvalue weighted by Gasteiger charge is 2.55. The molecule has 0 amide bonds. The van der Waals surface area contributed by atoms with Crippen LogP contribution in [-0.2, 0) is 33.2 Å². The van der Waals surface area contributed by atoms with Crippen molar-refractivity contribution in [3.05, 3.63) is 35.9 Å². The van der Waals surface area contributed by atoms with Gasteiger partial charge in [0.25, 0.3) is 0 Å². The second kappa shape index (κ2) is 14.4. The van der Waals surface area contributed by atoms with Gasteiger partial charge >= 0.3 is 11.9 Å². The Morgan fingerprint density at radius 3 is 2.45 bits per heavy atom. The highest BCUT2D eigenvalue weighted by atomic mass is 16.8. The molecule has 2 heterocycles. The minimum Gasteiger partial charge on any atom is -0.469 e. The van der Waals surface area contributed by atoms with Crippen molar-refractivity contribution < 1.29 is 43.1 Å². The molecule has 1 spiro atoms. The van der Waals surface area contributed by atoms with E-state index < -0.39 is 42.5 Å². The van der Waals surface area contributed by atoms with Gasteiger partial charge in [0.15, 0.2) is 18.2 Å². The summed E-state index contributed by atoms with van der Waals surface area (Å²) >= 11 is 0. The Morgan fingerprint density at radius 2 is 1.71 bits per heavy atom. The molecule has 9 nitrogen and oxygen atoms in total.